The van der Waals surface area contributed by atoms with Gasteiger partial charge < -0.3 is 15.7 Å². The molecule has 0 amide bonds. The number of anilines is 1. The van der Waals surface area contributed by atoms with Crippen LogP contribution >= 0.6 is 11.3 Å². The Kier molecular flexibility index (Phi) is 4.09. The molecule has 2 heterocycles. The largest absolute Gasteiger partial charge is 0.388 e. The van der Waals surface area contributed by atoms with Crippen molar-refractivity contribution in [3.63, 3.8) is 0 Å². The van der Waals surface area contributed by atoms with E-state index in [4.69, 9.17) is 10.7 Å². The molecule has 4 rings (SSSR count). The van der Waals surface area contributed by atoms with E-state index in [9.17, 15) is 5.11 Å². The molecule has 0 spiro atoms. The Morgan fingerprint density at radius 3 is 2.78 bits per heavy atom. The highest BCUT2D eigenvalue weighted by molar-refractivity contribution is 7.15. The van der Waals surface area contributed by atoms with Crippen LogP contribution in [-0.4, -0.2) is 29.2 Å². The van der Waals surface area contributed by atoms with Gasteiger partial charge in [0.2, 0.25) is 0 Å². The van der Waals surface area contributed by atoms with Gasteiger partial charge in [0.25, 0.3) is 0 Å². The minimum Gasteiger partial charge on any atom is -0.388 e. The summed E-state index contributed by atoms with van der Waals surface area (Å²) in [6, 6.07) is 9.14. The molecule has 2 aliphatic rings. The zero-order valence-corrected chi connectivity index (χ0v) is 14.1. The monoisotopic (exact) mass is 329 g/mol. The zero-order chi connectivity index (χ0) is 15.8. The lowest BCUT2D eigenvalue weighted by atomic mass is 10.0. The van der Waals surface area contributed by atoms with Gasteiger partial charge in [-0.3, -0.25) is 0 Å². The summed E-state index contributed by atoms with van der Waals surface area (Å²) in [5, 5.41) is 11.1. The highest BCUT2D eigenvalue weighted by Crippen LogP contribution is 2.38. The van der Waals surface area contributed by atoms with Gasteiger partial charge in [-0.15, -0.1) is 11.3 Å². The summed E-state index contributed by atoms with van der Waals surface area (Å²) in [4.78, 5) is 8.24. The van der Waals surface area contributed by atoms with Crippen molar-refractivity contribution in [2.75, 3.05) is 18.0 Å². The quantitative estimate of drug-likeness (QED) is 0.908. The molecule has 0 bridgehead atoms. The number of aliphatic hydroxyl groups excluding tert-OH is 1. The summed E-state index contributed by atoms with van der Waals surface area (Å²) in [6.45, 7) is 1.82. The molecule has 1 aromatic heterocycles. The van der Waals surface area contributed by atoms with E-state index in [1.54, 1.807) is 11.3 Å². The predicted molar refractivity (Wildman–Crippen MR) is 94.9 cm³/mol. The van der Waals surface area contributed by atoms with Gasteiger partial charge >= 0.3 is 0 Å². The highest BCUT2D eigenvalue weighted by atomic mass is 32.1. The van der Waals surface area contributed by atoms with Crippen LogP contribution in [0.15, 0.2) is 24.3 Å². The first kappa shape index (κ1) is 15.1. The van der Waals surface area contributed by atoms with Crippen LogP contribution in [0.4, 0.5) is 5.69 Å². The van der Waals surface area contributed by atoms with E-state index in [0.29, 0.717) is 6.04 Å². The highest BCUT2D eigenvalue weighted by Gasteiger charge is 2.25. The first-order chi connectivity index (χ1) is 11.3. The van der Waals surface area contributed by atoms with Crippen molar-refractivity contribution in [3.05, 3.63) is 34.8 Å². The molecule has 5 heteroatoms. The van der Waals surface area contributed by atoms with Gasteiger partial charge in [-0.25, -0.2) is 4.98 Å². The number of aromatic nitrogens is 1. The van der Waals surface area contributed by atoms with Crippen molar-refractivity contribution in [2.45, 2.75) is 44.2 Å². The first-order valence-corrected chi connectivity index (χ1v) is 9.32. The molecule has 1 aliphatic carbocycles. The zero-order valence-electron chi connectivity index (χ0n) is 13.2. The van der Waals surface area contributed by atoms with Crippen LogP contribution in [0.3, 0.4) is 0 Å². The van der Waals surface area contributed by atoms with Crippen LogP contribution in [0.1, 0.15) is 42.4 Å². The van der Waals surface area contributed by atoms with Gasteiger partial charge in [0.1, 0.15) is 5.01 Å². The molecule has 1 saturated heterocycles. The molecule has 2 unspecified atom stereocenters. The standard InChI is InChI=1S/C18H23N3OS/c19-11-14-3-2-10-21(14)13-8-6-12(7-9-13)18-20-15-4-1-5-16(22)17(15)23-18/h6-9,14,16,22H,1-5,10-11,19H2. The topological polar surface area (TPSA) is 62.4 Å². The Labute approximate surface area is 141 Å². The second kappa shape index (κ2) is 6.23. The second-order valence-corrected chi connectivity index (χ2v) is 7.54. The van der Waals surface area contributed by atoms with Gasteiger partial charge in [-0.05, 0) is 56.4 Å². The minimum atomic E-state index is -0.320. The molecule has 122 valence electrons. The van der Waals surface area contributed by atoms with Crippen LogP contribution in [-0.2, 0) is 6.42 Å². The number of hydrogen-bond donors (Lipinski definition) is 2. The normalized spacial score (nSPS) is 24.0. The maximum atomic E-state index is 10.1. The lowest BCUT2D eigenvalue weighted by molar-refractivity contribution is 0.160. The molecule has 0 radical (unpaired) electrons. The van der Waals surface area contributed by atoms with E-state index < -0.39 is 0 Å². The third kappa shape index (κ3) is 2.77. The molecule has 0 saturated carbocycles. The summed E-state index contributed by atoms with van der Waals surface area (Å²) in [7, 11) is 0. The summed E-state index contributed by atoms with van der Waals surface area (Å²) in [5.41, 5.74) is 9.37. The number of hydrogen-bond acceptors (Lipinski definition) is 5. The van der Waals surface area contributed by atoms with E-state index in [2.05, 4.69) is 29.2 Å². The Morgan fingerprint density at radius 2 is 2.04 bits per heavy atom. The van der Waals surface area contributed by atoms with Crippen molar-refractivity contribution in [1.29, 1.82) is 0 Å². The Balaban J connectivity index is 1.59. The number of fused-ring (bicyclic) bond motifs is 1. The van der Waals surface area contributed by atoms with Crippen LogP contribution < -0.4 is 10.6 Å². The molecule has 1 fully saturated rings. The maximum absolute atomic E-state index is 10.1. The Morgan fingerprint density at radius 1 is 1.22 bits per heavy atom. The van der Waals surface area contributed by atoms with E-state index in [1.807, 2.05) is 0 Å². The summed E-state index contributed by atoms with van der Waals surface area (Å²) >= 11 is 1.64. The molecule has 2 atom stereocenters. The number of nitrogens with zero attached hydrogens (tertiary/aromatic N) is 2. The molecule has 1 aliphatic heterocycles. The fourth-order valence-electron chi connectivity index (χ4n) is 3.74. The lowest BCUT2D eigenvalue weighted by Gasteiger charge is -2.25. The minimum absolute atomic E-state index is 0.320. The number of nitrogens with two attached hydrogens (primary N) is 1. The number of rotatable bonds is 3. The Bertz CT molecular complexity index is 682. The van der Waals surface area contributed by atoms with E-state index >= 15 is 0 Å². The van der Waals surface area contributed by atoms with Gasteiger partial charge in [0.15, 0.2) is 0 Å². The molecule has 23 heavy (non-hydrogen) atoms. The van der Waals surface area contributed by atoms with Crippen LogP contribution in [0, 0.1) is 0 Å². The molecule has 4 nitrogen and oxygen atoms in total. The summed E-state index contributed by atoms with van der Waals surface area (Å²) in [6.07, 6.45) is 4.98. The van der Waals surface area contributed by atoms with Crippen molar-refractivity contribution < 1.29 is 5.11 Å². The van der Waals surface area contributed by atoms with Gasteiger partial charge in [0, 0.05) is 30.4 Å². The number of aryl methyl sites for hydroxylation is 1. The summed E-state index contributed by atoms with van der Waals surface area (Å²) < 4.78 is 0. The molecule has 1 aromatic carbocycles. The van der Waals surface area contributed by atoms with E-state index in [1.165, 1.54) is 18.5 Å². The van der Waals surface area contributed by atoms with Crippen LogP contribution in [0.5, 0.6) is 0 Å². The number of aliphatic hydroxyl groups is 1. The summed E-state index contributed by atoms with van der Waals surface area (Å²) in [5.74, 6) is 0. The molecular weight excluding hydrogens is 306 g/mol. The number of benzene rings is 1. The van der Waals surface area contributed by atoms with Gasteiger partial charge in [-0.2, -0.15) is 0 Å². The molecular formula is C18H23N3OS. The predicted octanol–water partition coefficient (Wildman–Crippen LogP) is 3.11. The van der Waals surface area contributed by atoms with E-state index in [0.717, 1.165) is 53.5 Å². The fourth-order valence-corrected chi connectivity index (χ4v) is 4.87. The van der Waals surface area contributed by atoms with Crippen LogP contribution in [0.25, 0.3) is 10.6 Å². The SMILES string of the molecule is NCC1CCCN1c1ccc(-c2nc3c(s2)C(O)CCC3)cc1. The third-order valence-corrected chi connectivity index (χ3v) is 6.26. The fraction of sp³-hybridized carbons (Fsp3) is 0.500. The van der Waals surface area contributed by atoms with Crippen LogP contribution in [0.2, 0.25) is 0 Å². The lowest BCUT2D eigenvalue weighted by Crippen LogP contribution is -2.35. The third-order valence-electron chi connectivity index (χ3n) is 5.02. The van der Waals surface area contributed by atoms with Crippen molar-refractivity contribution in [3.8, 4) is 10.6 Å². The van der Waals surface area contributed by atoms with Gasteiger partial charge in [0.05, 0.1) is 16.7 Å². The van der Waals surface area contributed by atoms with Crippen molar-refractivity contribution >= 4 is 17.0 Å². The molecule has 3 N–H and O–H groups in total. The number of thiazole rings is 1. The second-order valence-electron chi connectivity index (χ2n) is 6.51. The van der Waals surface area contributed by atoms with E-state index in [-0.39, 0.29) is 6.10 Å². The first-order valence-electron chi connectivity index (χ1n) is 8.51. The molecule has 2 aromatic rings. The average Bonchev–Trinajstić information content (AvgIpc) is 3.22. The Hall–Kier alpha value is -1.43. The van der Waals surface area contributed by atoms with Crippen molar-refractivity contribution in [2.24, 2.45) is 5.73 Å². The average molecular weight is 329 g/mol. The van der Waals surface area contributed by atoms with Gasteiger partial charge in [-0.1, -0.05) is 0 Å². The smallest absolute Gasteiger partial charge is 0.123 e. The van der Waals surface area contributed by atoms with Crippen molar-refractivity contribution in [1.82, 2.24) is 4.98 Å². The maximum Gasteiger partial charge on any atom is 0.123 e.